The van der Waals surface area contributed by atoms with Crippen LogP contribution in [-0.2, 0) is 9.59 Å². The van der Waals surface area contributed by atoms with Gasteiger partial charge < -0.3 is 21.3 Å². The number of H-pyrrole nitrogens is 1. The van der Waals surface area contributed by atoms with Crippen LogP contribution in [0.3, 0.4) is 0 Å². The summed E-state index contributed by atoms with van der Waals surface area (Å²) in [5, 5.41) is 25.0. The van der Waals surface area contributed by atoms with Crippen LogP contribution >= 0.6 is 0 Å². The first-order chi connectivity index (χ1) is 8.40. The maximum absolute atomic E-state index is 11.5. The minimum atomic E-state index is -1.34. The van der Waals surface area contributed by atoms with Crippen LogP contribution in [0.4, 0.5) is 5.95 Å². The van der Waals surface area contributed by atoms with Crippen molar-refractivity contribution < 1.29 is 24.6 Å². The molecule has 1 aromatic heterocycles. The van der Waals surface area contributed by atoms with Gasteiger partial charge in [0.1, 0.15) is 6.04 Å². The predicted octanol–water partition coefficient (Wildman–Crippen LogP) is -1.57. The van der Waals surface area contributed by atoms with E-state index in [1.165, 1.54) is 0 Å². The number of amides is 1. The van der Waals surface area contributed by atoms with Crippen molar-refractivity contribution in [3.8, 4) is 0 Å². The summed E-state index contributed by atoms with van der Waals surface area (Å²) in [6.07, 6.45) is -0.615. The van der Waals surface area contributed by atoms with Gasteiger partial charge in [-0.1, -0.05) is 0 Å². The van der Waals surface area contributed by atoms with Crippen molar-refractivity contribution in [2.45, 2.75) is 18.9 Å². The van der Waals surface area contributed by atoms with E-state index >= 15 is 0 Å². The van der Waals surface area contributed by atoms with Gasteiger partial charge in [-0.05, 0) is 6.42 Å². The van der Waals surface area contributed by atoms with E-state index in [4.69, 9.17) is 15.9 Å². The highest BCUT2D eigenvalue weighted by molar-refractivity contribution is 5.93. The van der Waals surface area contributed by atoms with Crippen LogP contribution < -0.4 is 11.1 Å². The lowest BCUT2D eigenvalue weighted by atomic mass is 10.1. The van der Waals surface area contributed by atoms with Gasteiger partial charge in [-0.15, -0.1) is 5.10 Å². The lowest BCUT2D eigenvalue weighted by Gasteiger charge is -2.11. The Balaban J connectivity index is 2.63. The topological polar surface area (TPSA) is 171 Å². The minimum absolute atomic E-state index is 0.155. The summed E-state index contributed by atoms with van der Waals surface area (Å²) in [7, 11) is 0. The molecule has 0 aliphatic carbocycles. The number of nitrogens with zero attached hydrogens (tertiary/aromatic N) is 2. The van der Waals surface area contributed by atoms with Crippen molar-refractivity contribution >= 4 is 23.8 Å². The SMILES string of the molecule is Nc1n[nH]c(C(=O)NC(CCC(=O)O)C(=O)O)n1. The van der Waals surface area contributed by atoms with Gasteiger partial charge >= 0.3 is 11.9 Å². The second kappa shape index (κ2) is 5.61. The number of nitrogens with two attached hydrogens (primary N) is 1. The monoisotopic (exact) mass is 257 g/mol. The molecule has 0 aliphatic rings. The third kappa shape index (κ3) is 3.73. The number of carbonyl (C=O) groups is 3. The van der Waals surface area contributed by atoms with Crippen molar-refractivity contribution in [3.05, 3.63) is 5.82 Å². The normalized spacial score (nSPS) is 11.8. The number of aromatic amines is 1. The third-order valence-corrected chi connectivity index (χ3v) is 1.97. The van der Waals surface area contributed by atoms with Gasteiger partial charge in [0.05, 0.1) is 0 Å². The summed E-state index contributed by atoms with van der Waals surface area (Å²) in [5.74, 6) is -3.71. The van der Waals surface area contributed by atoms with E-state index in [0.29, 0.717) is 0 Å². The Bertz CT molecular complexity index is 470. The van der Waals surface area contributed by atoms with Gasteiger partial charge in [0.25, 0.3) is 5.91 Å². The van der Waals surface area contributed by atoms with E-state index in [9.17, 15) is 14.4 Å². The zero-order valence-corrected chi connectivity index (χ0v) is 9.08. The second-order valence-corrected chi connectivity index (χ2v) is 3.34. The van der Waals surface area contributed by atoms with Crippen LogP contribution in [0.5, 0.6) is 0 Å². The van der Waals surface area contributed by atoms with E-state index in [0.717, 1.165) is 0 Å². The molecule has 18 heavy (non-hydrogen) atoms. The Hall–Kier alpha value is -2.65. The zero-order valence-electron chi connectivity index (χ0n) is 9.08. The number of carboxylic acid groups (broad SMARTS) is 2. The van der Waals surface area contributed by atoms with Crippen molar-refractivity contribution in [1.82, 2.24) is 20.5 Å². The fraction of sp³-hybridized carbons (Fsp3) is 0.375. The average molecular weight is 257 g/mol. The van der Waals surface area contributed by atoms with Crippen molar-refractivity contribution in [1.29, 1.82) is 0 Å². The third-order valence-electron chi connectivity index (χ3n) is 1.97. The molecule has 1 amide bonds. The molecule has 0 saturated heterocycles. The Labute approximate surface area is 100 Å². The minimum Gasteiger partial charge on any atom is -0.481 e. The number of carbonyl (C=O) groups excluding carboxylic acids is 1. The molecule has 10 heteroatoms. The number of aliphatic carboxylic acids is 2. The largest absolute Gasteiger partial charge is 0.481 e. The molecule has 1 atom stereocenters. The predicted molar refractivity (Wildman–Crippen MR) is 56.6 cm³/mol. The Morgan fingerprint density at radius 3 is 2.50 bits per heavy atom. The highest BCUT2D eigenvalue weighted by Gasteiger charge is 2.23. The van der Waals surface area contributed by atoms with E-state index < -0.39 is 23.9 Å². The summed E-state index contributed by atoms with van der Waals surface area (Å²) in [5.41, 5.74) is 5.18. The van der Waals surface area contributed by atoms with Crippen LogP contribution in [0.2, 0.25) is 0 Å². The number of nitrogen functional groups attached to an aromatic ring is 1. The van der Waals surface area contributed by atoms with Crippen LogP contribution in [0.25, 0.3) is 0 Å². The van der Waals surface area contributed by atoms with Gasteiger partial charge in [0.2, 0.25) is 11.8 Å². The average Bonchev–Trinajstić information content (AvgIpc) is 2.70. The lowest BCUT2D eigenvalue weighted by Crippen LogP contribution is -2.41. The smallest absolute Gasteiger partial charge is 0.326 e. The molecule has 1 unspecified atom stereocenters. The van der Waals surface area contributed by atoms with Crippen molar-refractivity contribution in [3.63, 3.8) is 0 Å². The number of anilines is 1. The van der Waals surface area contributed by atoms with Gasteiger partial charge in [0, 0.05) is 6.42 Å². The lowest BCUT2D eigenvalue weighted by molar-refractivity contribution is -0.140. The molecule has 0 spiro atoms. The van der Waals surface area contributed by atoms with Gasteiger partial charge in [-0.2, -0.15) is 4.98 Å². The Morgan fingerprint density at radius 2 is 2.06 bits per heavy atom. The molecular formula is C8H11N5O5. The fourth-order valence-electron chi connectivity index (χ4n) is 1.13. The summed E-state index contributed by atoms with van der Waals surface area (Å²) in [6.45, 7) is 0. The first-order valence-corrected chi connectivity index (χ1v) is 4.83. The number of nitrogens with one attached hydrogen (secondary N) is 2. The number of rotatable bonds is 6. The first kappa shape index (κ1) is 13.4. The summed E-state index contributed by atoms with van der Waals surface area (Å²) in [4.78, 5) is 36.2. The number of aromatic nitrogens is 3. The molecule has 0 fully saturated rings. The molecule has 0 aliphatic heterocycles. The highest BCUT2D eigenvalue weighted by atomic mass is 16.4. The van der Waals surface area contributed by atoms with Crippen LogP contribution in [-0.4, -0.2) is 49.3 Å². The number of hydrogen-bond donors (Lipinski definition) is 5. The Morgan fingerprint density at radius 1 is 1.39 bits per heavy atom. The van der Waals surface area contributed by atoms with Gasteiger partial charge in [-0.3, -0.25) is 14.7 Å². The molecular weight excluding hydrogens is 246 g/mol. The quantitative estimate of drug-likeness (QED) is 0.406. The van der Waals surface area contributed by atoms with Crippen molar-refractivity contribution in [2.24, 2.45) is 0 Å². The molecule has 1 heterocycles. The summed E-state index contributed by atoms with van der Waals surface area (Å²) in [6, 6.07) is -1.32. The zero-order chi connectivity index (χ0) is 13.7. The van der Waals surface area contributed by atoms with E-state index in [1.54, 1.807) is 0 Å². The Kier molecular flexibility index (Phi) is 4.18. The number of carboxylic acids is 2. The molecule has 0 bridgehead atoms. The van der Waals surface area contributed by atoms with E-state index in [1.807, 2.05) is 0 Å². The van der Waals surface area contributed by atoms with Gasteiger partial charge in [-0.25, -0.2) is 4.79 Å². The molecule has 1 rings (SSSR count). The maximum atomic E-state index is 11.5. The molecule has 98 valence electrons. The van der Waals surface area contributed by atoms with Crippen LogP contribution in [0, 0.1) is 0 Å². The van der Waals surface area contributed by atoms with Crippen LogP contribution in [0.1, 0.15) is 23.5 Å². The summed E-state index contributed by atoms with van der Waals surface area (Å²) >= 11 is 0. The van der Waals surface area contributed by atoms with Crippen molar-refractivity contribution in [2.75, 3.05) is 5.73 Å². The molecule has 1 aromatic rings. The second-order valence-electron chi connectivity index (χ2n) is 3.34. The molecule has 0 saturated carbocycles. The molecule has 0 radical (unpaired) electrons. The van der Waals surface area contributed by atoms with Gasteiger partial charge in [0.15, 0.2) is 0 Å². The van der Waals surface area contributed by atoms with E-state index in [-0.39, 0.29) is 24.6 Å². The molecule has 6 N–H and O–H groups in total. The maximum Gasteiger partial charge on any atom is 0.326 e. The highest BCUT2D eigenvalue weighted by Crippen LogP contribution is 2.00. The summed E-state index contributed by atoms with van der Waals surface area (Å²) < 4.78 is 0. The molecule has 0 aromatic carbocycles. The van der Waals surface area contributed by atoms with E-state index in [2.05, 4.69) is 20.5 Å². The van der Waals surface area contributed by atoms with Crippen LogP contribution in [0.15, 0.2) is 0 Å². The standard InChI is InChI=1S/C8H11N5O5/c9-8-11-5(12-13-8)6(16)10-3(7(17)18)1-2-4(14)15/h3H,1-2H2,(H,10,16)(H,14,15)(H,17,18)(H3,9,11,12,13). The first-order valence-electron chi connectivity index (χ1n) is 4.83. The number of hydrogen-bond acceptors (Lipinski definition) is 6. The fourth-order valence-corrected chi connectivity index (χ4v) is 1.13. The molecule has 10 nitrogen and oxygen atoms in total.